The molecule has 0 aliphatic carbocycles. The Morgan fingerprint density at radius 1 is 1.38 bits per heavy atom. The average Bonchev–Trinajstić information content (AvgIpc) is 3.17. The van der Waals surface area contributed by atoms with E-state index in [0.717, 1.165) is 30.4 Å². The number of thiophene rings is 1. The van der Waals surface area contributed by atoms with Gasteiger partial charge in [-0.2, -0.15) is 26.4 Å². The molecule has 3 aromatic rings. The molecule has 3 aromatic heterocycles. The van der Waals surface area contributed by atoms with Gasteiger partial charge in [0.25, 0.3) is 0 Å². The van der Waals surface area contributed by atoms with Crippen LogP contribution in [0.1, 0.15) is 24.4 Å². The van der Waals surface area contributed by atoms with Gasteiger partial charge in [-0.3, -0.25) is 4.68 Å². The van der Waals surface area contributed by atoms with E-state index in [1.54, 1.807) is 22.2 Å². The summed E-state index contributed by atoms with van der Waals surface area (Å²) in [6, 6.07) is 2.53. The molecule has 0 spiro atoms. The van der Waals surface area contributed by atoms with Gasteiger partial charge < -0.3 is 10.6 Å². The minimum absolute atomic E-state index is 0.348. The highest BCUT2D eigenvalue weighted by Gasteiger charge is 2.29. The Morgan fingerprint density at radius 3 is 3.10 bits per heavy atom. The van der Waals surface area contributed by atoms with E-state index >= 15 is 0 Å². The van der Waals surface area contributed by atoms with Crippen LogP contribution in [0.5, 0.6) is 0 Å². The first-order valence-corrected chi connectivity index (χ1v) is 7.92. The summed E-state index contributed by atoms with van der Waals surface area (Å²) < 4.78 is 1.74. The Hall–Kier alpha value is -2.15. The van der Waals surface area contributed by atoms with Crippen molar-refractivity contribution in [3.63, 3.8) is 0 Å². The van der Waals surface area contributed by atoms with E-state index in [0.29, 0.717) is 17.8 Å². The maximum atomic E-state index is 6.07. The third-order valence-corrected chi connectivity index (χ3v) is 4.75. The van der Waals surface area contributed by atoms with Crippen molar-refractivity contribution >= 4 is 34.1 Å². The van der Waals surface area contributed by atoms with Crippen molar-refractivity contribution in [1.82, 2.24) is 19.7 Å². The van der Waals surface area contributed by atoms with Gasteiger partial charge in [0.05, 0.1) is 17.6 Å². The van der Waals surface area contributed by atoms with Gasteiger partial charge in [0.2, 0.25) is 5.95 Å². The van der Waals surface area contributed by atoms with Crippen LogP contribution in [-0.2, 0) is 7.05 Å². The van der Waals surface area contributed by atoms with E-state index in [2.05, 4.69) is 36.8 Å². The quantitative estimate of drug-likeness (QED) is 0.786. The second-order valence-corrected chi connectivity index (χ2v) is 6.10. The van der Waals surface area contributed by atoms with Crippen molar-refractivity contribution < 1.29 is 0 Å². The van der Waals surface area contributed by atoms with Gasteiger partial charge in [0, 0.05) is 13.6 Å². The number of aromatic nitrogens is 4. The zero-order chi connectivity index (χ0) is 14.4. The third-order valence-electron chi connectivity index (χ3n) is 4.05. The summed E-state index contributed by atoms with van der Waals surface area (Å²) >= 11 is 1.73. The fourth-order valence-corrected chi connectivity index (χ4v) is 3.68. The van der Waals surface area contributed by atoms with E-state index < -0.39 is 0 Å². The predicted molar refractivity (Wildman–Crippen MR) is 84.4 cm³/mol. The molecule has 2 N–H and O–H groups in total. The minimum Gasteiger partial charge on any atom is -0.383 e. The van der Waals surface area contributed by atoms with Gasteiger partial charge in [-0.25, -0.2) is 0 Å². The number of anilines is 2. The van der Waals surface area contributed by atoms with E-state index in [1.165, 1.54) is 5.56 Å². The normalized spacial score (nSPS) is 18.7. The standard InChI is InChI=1S/C14H16N6S/c1-19-13-10(7-16-19)12(15)17-14(18-13)20-5-2-3-11(20)9-4-6-21-8-9/h4,6-8,11H,2-3,5H2,1H3,(H2,15,17,18). The average molecular weight is 300 g/mol. The van der Waals surface area contributed by atoms with Crippen LogP contribution in [0.4, 0.5) is 11.8 Å². The van der Waals surface area contributed by atoms with Gasteiger partial charge in [0.15, 0.2) is 5.65 Å². The van der Waals surface area contributed by atoms with Gasteiger partial charge in [0.1, 0.15) is 5.82 Å². The number of fused-ring (bicyclic) bond motifs is 1. The summed E-state index contributed by atoms with van der Waals surface area (Å²) in [6.45, 7) is 0.962. The van der Waals surface area contributed by atoms with Crippen LogP contribution in [0.3, 0.4) is 0 Å². The van der Waals surface area contributed by atoms with Gasteiger partial charge in [-0.15, -0.1) is 0 Å². The Bertz CT molecular complexity index is 778. The van der Waals surface area contributed by atoms with E-state index in [-0.39, 0.29) is 0 Å². The highest BCUT2D eigenvalue weighted by Crippen LogP contribution is 2.36. The minimum atomic E-state index is 0.348. The lowest BCUT2D eigenvalue weighted by Crippen LogP contribution is -2.24. The van der Waals surface area contributed by atoms with Crippen molar-refractivity contribution in [2.24, 2.45) is 7.05 Å². The molecule has 1 aliphatic rings. The third kappa shape index (κ3) is 1.96. The van der Waals surface area contributed by atoms with Crippen molar-refractivity contribution in [1.29, 1.82) is 0 Å². The lowest BCUT2D eigenvalue weighted by atomic mass is 10.1. The van der Waals surface area contributed by atoms with Crippen molar-refractivity contribution in [2.45, 2.75) is 18.9 Å². The molecule has 0 radical (unpaired) electrons. The molecular formula is C14H16N6S. The Kier molecular flexibility index (Phi) is 2.81. The van der Waals surface area contributed by atoms with Crippen LogP contribution < -0.4 is 10.6 Å². The molecule has 1 atom stereocenters. The van der Waals surface area contributed by atoms with Crippen LogP contribution in [0, 0.1) is 0 Å². The Balaban J connectivity index is 1.80. The van der Waals surface area contributed by atoms with Gasteiger partial charge in [-0.1, -0.05) is 0 Å². The monoisotopic (exact) mass is 300 g/mol. The van der Waals surface area contributed by atoms with Crippen molar-refractivity contribution in [3.8, 4) is 0 Å². The van der Waals surface area contributed by atoms with Gasteiger partial charge >= 0.3 is 0 Å². The number of nitrogens with zero attached hydrogens (tertiary/aromatic N) is 5. The molecule has 1 unspecified atom stereocenters. The first kappa shape index (κ1) is 12.6. The molecule has 1 fully saturated rings. The smallest absolute Gasteiger partial charge is 0.229 e. The lowest BCUT2D eigenvalue weighted by Gasteiger charge is -2.24. The van der Waals surface area contributed by atoms with E-state index in [4.69, 9.17) is 5.73 Å². The lowest BCUT2D eigenvalue weighted by molar-refractivity contribution is 0.704. The summed E-state index contributed by atoms with van der Waals surface area (Å²) in [7, 11) is 1.87. The first-order chi connectivity index (χ1) is 10.2. The SMILES string of the molecule is Cn1ncc2c(N)nc(N3CCCC3c3ccsc3)nc21. The number of nitrogen functional groups attached to an aromatic ring is 1. The first-order valence-electron chi connectivity index (χ1n) is 6.98. The highest BCUT2D eigenvalue weighted by molar-refractivity contribution is 7.08. The molecule has 1 aliphatic heterocycles. The van der Waals surface area contributed by atoms with Crippen LogP contribution >= 0.6 is 11.3 Å². The Morgan fingerprint density at radius 2 is 2.29 bits per heavy atom. The van der Waals surface area contributed by atoms with E-state index in [1.807, 2.05) is 7.05 Å². The molecule has 0 bridgehead atoms. The molecule has 108 valence electrons. The second-order valence-electron chi connectivity index (χ2n) is 5.32. The molecule has 0 amide bonds. The summed E-state index contributed by atoms with van der Waals surface area (Å²) in [4.78, 5) is 11.4. The number of nitrogens with two attached hydrogens (primary N) is 1. The fraction of sp³-hybridized carbons (Fsp3) is 0.357. The van der Waals surface area contributed by atoms with Crippen LogP contribution in [-0.4, -0.2) is 26.3 Å². The largest absolute Gasteiger partial charge is 0.383 e. The van der Waals surface area contributed by atoms with Gasteiger partial charge in [-0.05, 0) is 35.2 Å². The summed E-state index contributed by atoms with van der Waals surface area (Å²) in [5, 5.41) is 9.34. The molecule has 4 rings (SSSR count). The Labute approximate surface area is 126 Å². The number of hydrogen-bond acceptors (Lipinski definition) is 6. The topological polar surface area (TPSA) is 72.9 Å². The van der Waals surface area contributed by atoms with Crippen LogP contribution in [0.25, 0.3) is 11.0 Å². The second kappa shape index (κ2) is 4.70. The highest BCUT2D eigenvalue weighted by atomic mass is 32.1. The molecule has 0 aromatic carbocycles. The molecule has 6 nitrogen and oxygen atoms in total. The fourth-order valence-electron chi connectivity index (χ4n) is 2.98. The number of hydrogen-bond donors (Lipinski definition) is 1. The maximum absolute atomic E-state index is 6.07. The van der Waals surface area contributed by atoms with Crippen LogP contribution in [0.15, 0.2) is 23.0 Å². The van der Waals surface area contributed by atoms with Crippen molar-refractivity contribution in [3.05, 3.63) is 28.6 Å². The number of rotatable bonds is 2. The molecule has 21 heavy (non-hydrogen) atoms. The molecule has 4 heterocycles. The van der Waals surface area contributed by atoms with E-state index in [9.17, 15) is 0 Å². The molecule has 0 saturated carbocycles. The summed E-state index contributed by atoms with van der Waals surface area (Å²) in [5.74, 6) is 1.20. The number of aryl methyl sites for hydroxylation is 1. The predicted octanol–water partition coefficient (Wildman–Crippen LogP) is 2.35. The molecule has 1 saturated heterocycles. The molecular weight excluding hydrogens is 284 g/mol. The zero-order valence-corrected chi connectivity index (χ0v) is 12.5. The van der Waals surface area contributed by atoms with Crippen molar-refractivity contribution in [2.75, 3.05) is 17.2 Å². The summed E-state index contributed by atoms with van der Waals surface area (Å²) in [6.07, 6.45) is 3.99. The maximum Gasteiger partial charge on any atom is 0.229 e. The molecule has 7 heteroatoms. The summed E-state index contributed by atoms with van der Waals surface area (Å²) in [5.41, 5.74) is 8.20. The van der Waals surface area contributed by atoms with Crippen LogP contribution in [0.2, 0.25) is 0 Å². The zero-order valence-electron chi connectivity index (χ0n) is 11.7.